The molecule has 2 aromatic heterocycles. The highest BCUT2D eigenvalue weighted by Gasteiger charge is 2.27. The average Bonchev–Trinajstić information content (AvgIpc) is 4.00. The van der Waals surface area contributed by atoms with Gasteiger partial charge in [0, 0.05) is 72.0 Å². The van der Waals surface area contributed by atoms with Crippen LogP contribution in [0.15, 0.2) is 251 Å². The van der Waals surface area contributed by atoms with Crippen molar-refractivity contribution in [3.8, 4) is 0 Å². The quantitative estimate of drug-likeness (QED) is 0.156. The molecule has 15 aromatic rings. The van der Waals surface area contributed by atoms with E-state index in [0.717, 1.165) is 99.5 Å². The summed E-state index contributed by atoms with van der Waals surface area (Å²) in [4.78, 5) is 4.87. The number of para-hydroxylation sites is 2. The van der Waals surface area contributed by atoms with Gasteiger partial charge in [-0.25, -0.2) is 0 Å². The van der Waals surface area contributed by atoms with Gasteiger partial charge < -0.3 is 18.6 Å². The molecule has 0 amide bonds. The van der Waals surface area contributed by atoms with E-state index in [-0.39, 0.29) is 0 Å². The van der Waals surface area contributed by atoms with Crippen molar-refractivity contribution in [1.82, 2.24) is 0 Å². The normalized spacial score (nSPS) is 12.0. The smallest absolute Gasteiger partial charge is 0.147 e. The minimum Gasteiger partial charge on any atom is -0.456 e. The summed E-state index contributed by atoms with van der Waals surface area (Å²) in [5.74, 6) is 0. The van der Waals surface area contributed by atoms with Crippen molar-refractivity contribution in [3.63, 3.8) is 0 Å². The van der Waals surface area contributed by atoms with Gasteiger partial charge in [0.15, 0.2) is 0 Å². The number of fused-ring (bicyclic) bond motifs is 15. The molecule has 0 saturated heterocycles. The van der Waals surface area contributed by atoms with Crippen LogP contribution >= 0.6 is 0 Å². The second kappa shape index (κ2) is 15.1. The number of hydrogen-bond acceptors (Lipinski definition) is 4. The van der Waals surface area contributed by atoms with E-state index in [0.29, 0.717) is 0 Å². The lowest BCUT2D eigenvalue weighted by Crippen LogP contribution is -2.11. The third kappa shape index (κ3) is 5.65. The monoisotopic (exact) mass is 892 g/mol. The lowest BCUT2D eigenvalue weighted by atomic mass is 9.96. The SMILES string of the molecule is c1ccc(N(c2c3ccccc3cc3ccccc23)c2cc3oc4c(ccc5oc6cc(N(c7ccccc7)c7c8ccccc8cc8ccccc78)c7ccccc7c6c54)c3c3ccccc23)cc1. The number of nitrogens with zero attached hydrogens (tertiary/aromatic N) is 2. The molecule has 0 spiro atoms. The first-order valence-corrected chi connectivity index (χ1v) is 23.9. The van der Waals surface area contributed by atoms with Crippen LogP contribution in [-0.2, 0) is 0 Å². The lowest BCUT2D eigenvalue weighted by molar-refractivity contribution is 0.663. The standard InChI is InChI=1S/C66H40N2O2/c1-3-23-45(24-4-1)67(64-47-27-11-7-19-41(47)37-42-20-8-12-28-48(42)64)56-39-59-61(53-33-17-15-31-51(53)56)55-35-36-58-63(66(55)70-59)62-54-34-18-16-32-52(54)57(40-60(62)69-58)68(46-25-5-2-6-26-46)65-49-29-13-9-21-43(49)38-44-22-10-14-30-50(44)65/h1-40H. The van der Waals surface area contributed by atoms with Crippen LogP contribution in [0.5, 0.6) is 0 Å². The summed E-state index contributed by atoms with van der Waals surface area (Å²) >= 11 is 0. The molecule has 0 fully saturated rings. The van der Waals surface area contributed by atoms with Gasteiger partial charge in [-0.2, -0.15) is 0 Å². The fourth-order valence-corrected chi connectivity index (χ4v) is 11.5. The zero-order valence-electron chi connectivity index (χ0n) is 37.8. The molecular formula is C66H40N2O2. The second-order valence-electron chi connectivity index (χ2n) is 18.3. The molecular weight excluding hydrogens is 853 g/mol. The molecule has 2 heterocycles. The number of furan rings is 2. The fraction of sp³-hybridized carbons (Fsp3) is 0. The summed E-state index contributed by atoms with van der Waals surface area (Å²) in [7, 11) is 0. The van der Waals surface area contributed by atoms with Gasteiger partial charge in [-0.15, -0.1) is 0 Å². The van der Waals surface area contributed by atoms with Crippen LogP contribution < -0.4 is 9.80 Å². The van der Waals surface area contributed by atoms with Gasteiger partial charge >= 0.3 is 0 Å². The van der Waals surface area contributed by atoms with E-state index < -0.39 is 0 Å². The Morgan fingerprint density at radius 2 is 0.614 bits per heavy atom. The molecule has 0 saturated carbocycles. The maximum atomic E-state index is 7.34. The van der Waals surface area contributed by atoms with Crippen LogP contribution in [0, 0.1) is 0 Å². The molecule has 70 heavy (non-hydrogen) atoms. The van der Waals surface area contributed by atoms with E-state index in [1.54, 1.807) is 0 Å². The summed E-state index contributed by atoms with van der Waals surface area (Å²) in [6.45, 7) is 0. The largest absolute Gasteiger partial charge is 0.456 e. The summed E-state index contributed by atoms with van der Waals surface area (Å²) in [5, 5.41) is 18.1. The van der Waals surface area contributed by atoms with Crippen molar-refractivity contribution < 1.29 is 8.83 Å². The molecule has 0 atom stereocenters. The Hall–Kier alpha value is -9.38. The van der Waals surface area contributed by atoms with Gasteiger partial charge in [-0.3, -0.25) is 0 Å². The molecule has 326 valence electrons. The summed E-state index contributed by atoms with van der Waals surface area (Å²) in [5.41, 5.74) is 9.67. The van der Waals surface area contributed by atoms with Crippen LogP contribution in [0.1, 0.15) is 0 Å². The van der Waals surface area contributed by atoms with Gasteiger partial charge in [0.05, 0.1) is 28.1 Å². The van der Waals surface area contributed by atoms with Crippen molar-refractivity contribution in [3.05, 3.63) is 243 Å². The Kier molecular flexibility index (Phi) is 8.33. The average molecular weight is 893 g/mol. The predicted molar refractivity (Wildman–Crippen MR) is 295 cm³/mol. The van der Waals surface area contributed by atoms with E-state index >= 15 is 0 Å². The first-order chi connectivity index (χ1) is 34.7. The van der Waals surface area contributed by atoms with Crippen LogP contribution in [0.2, 0.25) is 0 Å². The molecule has 0 N–H and O–H groups in total. The fourth-order valence-electron chi connectivity index (χ4n) is 11.5. The molecule has 13 aromatic carbocycles. The van der Waals surface area contributed by atoms with E-state index in [1.807, 2.05) is 0 Å². The van der Waals surface area contributed by atoms with E-state index in [4.69, 9.17) is 8.83 Å². The van der Waals surface area contributed by atoms with Gasteiger partial charge in [0.25, 0.3) is 0 Å². The molecule has 0 bridgehead atoms. The van der Waals surface area contributed by atoms with E-state index in [9.17, 15) is 0 Å². The lowest BCUT2D eigenvalue weighted by Gasteiger charge is -2.29. The van der Waals surface area contributed by atoms with Crippen molar-refractivity contribution in [2.75, 3.05) is 9.80 Å². The third-order valence-electron chi connectivity index (χ3n) is 14.5. The Morgan fingerprint density at radius 1 is 0.243 bits per heavy atom. The highest BCUT2D eigenvalue weighted by molar-refractivity contribution is 6.33. The molecule has 4 nitrogen and oxygen atoms in total. The van der Waals surface area contributed by atoms with Gasteiger partial charge in [-0.05, 0) is 80.8 Å². The van der Waals surface area contributed by atoms with E-state index in [2.05, 4.69) is 252 Å². The predicted octanol–water partition coefficient (Wildman–Crippen LogP) is 19.3. The van der Waals surface area contributed by atoms with Gasteiger partial charge in [0.1, 0.15) is 22.3 Å². The summed E-state index contributed by atoms with van der Waals surface area (Å²) in [6, 6.07) is 87.3. The third-order valence-corrected chi connectivity index (χ3v) is 14.5. The molecule has 0 aliphatic carbocycles. The summed E-state index contributed by atoms with van der Waals surface area (Å²) in [6.07, 6.45) is 0. The second-order valence-corrected chi connectivity index (χ2v) is 18.3. The molecule has 15 rings (SSSR count). The molecule has 0 aliphatic rings. The van der Waals surface area contributed by atoms with E-state index in [1.165, 1.54) is 43.1 Å². The molecule has 0 unspecified atom stereocenters. The highest BCUT2D eigenvalue weighted by Crippen LogP contribution is 2.52. The maximum Gasteiger partial charge on any atom is 0.147 e. The van der Waals surface area contributed by atoms with Gasteiger partial charge in [0.2, 0.25) is 0 Å². The molecule has 0 radical (unpaired) electrons. The zero-order chi connectivity index (χ0) is 45.9. The van der Waals surface area contributed by atoms with Crippen molar-refractivity contribution in [1.29, 1.82) is 0 Å². The van der Waals surface area contributed by atoms with Crippen LogP contribution in [0.25, 0.3) is 109 Å². The highest BCUT2D eigenvalue weighted by atomic mass is 16.3. The first kappa shape index (κ1) is 38.7. The van der Waals surface area contributed by atoms with Crippen LogP contribution in [0.4, 0.5) is 34.1 Å². The number of anilines is 6. The number of hydrogen-bond donors (Lipinski definition) is 0. The first-order valence-electron chi connectivity index (χ1n) is 23.9. The Bertz CT molecular complexity index is 4500. The molecule has 0 aliphatic heterocycles. The van der Waals surface area contributed by atoms with Crippen molar-refractivity contribution in [2.24, 2.45) is 0 Å². The van der Waals surface area contributed by atoms with Crippen LogP contribution in [0.3, 0.4) is 0 Å². The zero-order valence-corrected chi connectivity index (χ0v) is 37.8. The Morgan fingerprint density at radius 3 is 1.07 bits per heavy atom. The number of rotatable bonds is 6. The van der Waals surface area contributed by atoms with Gasteiger partial charge in [-0.1, -0.05) is 182 Å². The van der Waals surface area contributed by atoms with Crippen molar-refractivity contribution >= 4 is 143 Å². The minimum absolute atomic E-state index is 0.781. The van der Waals surface area contributed by atoms with Crippen molar-refractivity contribution in [2.45, 2.75) is 0 Å². The maximum absolute atomic E-state index is 7.34. The summed E-state index contributed by atoms with van der Waals surface area (Å²) < 4.78 is 14.4. The topological polar surface area (TPSA) is 32.8 Å². The molecule has 4 heteroatoms. The Balaban J connectivity index is 1.02. The minimum atomic E-state index is 0.781. The Labute approximate surface area is 402 Å². The number of benzene rings is 13. The van der Waals surface area contributed by atoms with Crippen LogP contribution in [-0.4, -0.2) is 0 Å².